The van der Waals surface area contributed by atoms with Crippen LogP contribution in [0.2, 0.25) is 0 Å². The lowest BCUT2D eigenvalue weighted by Gasteiger charge is -2.44. The smallest absolute Gasteiger partial charge is 0.416 e. The van der Waals surface area contributed by atoms with Crippen LogP contribution in [0.3, 0.4) is 0 Å². The molecule has 3 aromatic carbocycles. The van der Waals surface area contributed by atoms with Crippen molar-refractivity contribution in [1.29, 1.82) is 0 Å². The first-order valence-electron chi connectivity index (χ1n) is 10.9. The van der Waals surface area contributed by atoms with Crippen molar-refractivity contribution in [1.82, 2.24) is 4.90 Å². The van der Waals surface area contributed by atoms with Crippen LogP contribution in [0.1, 0.15) is 33.5 Å². The molecular formula is C26H21F3N2O4. The lowest BCUT2D eigenvalue weighted by Crippen LogP contribution is -2.60. The maximum absolute atomic E-state index is 14.4. The number of amides is 1. The minimum Gasteiger partial charge on any atom is -0.504 e. The molecule has 1 spiro atoms. The van der Waals surface area contributed by atoms with Crippen LogP contribution in [0, 0.1) is 0 Å². The third-order valence-electron chi connectivity index (χ3n) is 7.21. The summed E-state index contributed by atoms with van der Waals surface area (Å²) in [5.41, 5.74) is -3.27. The van der Waals surface area contributed by atoms with Gasteiger partial charge in [0.15, 0.2) is 17.3 Å². The van der Waals surface area contributed by atoms with Gasteiger partial charge in [0.2, 0.25) is 0 Å². The second kappa shape index (κ2) is 7.58. The topological polar surface area (TPSA) is 89.9 Å². The minimum atomic E-state index is -4.66. The highest BCUT2D eigenvalue weighted by Crippen LogP contribution is 2.59. The molecule has 0 bridgehead atoms. The number of aromatic hydroxyl groups is 2. The average Bonchev–Trinajstić information content (AvgIpc) is 3.31. The zero-order chi connectivity index (χ0) is 25.2. The number of benzene rings is 3. The van der Waals surface area contributed by atoms with Crippen molar-refractivity contribution in [3.8, 4) is 11.5 Å². The molecule has 2 aliphatic heterocycles. The number of likely N-dealkylation sites (tertiary alicyclic amines) is 1. The second-order valence-electron chi connectivity index (χ2n) is 8.90. The number of hydrogen-bond acceptors (Lipinski definition) is 5. The van der Waals surface area contributed by atoms with Crippen molar-refractivity contribution in [2.45, 2.75) is 23.6 Å². The molecule has 2 unspecified atom stereocenters. The SMILES string of the molecule is CN1CCC(C(=O)c2cccc(C(F)(F)F)c2)(c2ccc(O)c(O)c2)C12C(=O)Nc1ccccc12. The monoisotopic (exact) mass is 482 g/mol. The van der Waals surface area contributed by atoms with E-state index >= 15 is 0 Å². The van der Waals surface area contributed by atoms with E-state index in [0.29, 0.717) is 11.3 Å². The van der Waals surface area contributed by atoms with Gasteiger partial charge in [0.25, 0.3) is 5.91 Å². The number of halogens is 3. The van der Waals surface area contributed by atoms with Crippen molar-refractivity contribution in [2.24, 2.45) is 0 Å². The van der Waals surface area contributed by atoms with E-state index in [-0.39, 0.29) is 24.1 Å². The van der Waals surface area contributed by atoms with E-state index in [1.54, 1.807) is 36.2 Å². The summed E-state index contributed by atoms with van der Waals surface area (Å²) >= 11 is 0. The molecule has 0 saturated carbocycles. The van der Waals surface area contributed by atoms with Gasteiger partial charge < -0.3 is 15.5 Å². The van der Waals surface area contributed by atoms with Gasteiger partial charge in [0.05, 0.1) is 11.0 Å². The summed E-state index contributed by atoms with van der Waals surface area (Å²) in [6.07, 6.45) is -4.58. The van der Waals surface area contributed by atoms with Crippen LogP contribution in [-0.4, -0.2) is 40.4 Å². The van der Waals surface area contributed by atoms with Crippen LogP contribution in [0.5, 0.6) is 11.5 Å². The molecule has 35 heavy (non-hydrogen) atoms. The Hall–Kier alpha value is -3.85. The quantitative estimate of drug-likeness (QED) is 0.380. The Morgan fingerprint density at radius 1 is 1.00 bits per heavy atom. The number of alkyl halides is 3. The molecule has 180 valence electrons. The Labute approximate surface area is 198 Å². The predicted octanol–water partition coefficient (Wildman–Crippen LogP) is 4.42. The molecule has 0 aromatic heterocycles. The number of anilines is 1. The van der Waals surface area contributed by atoms with Gasteiger partial charge in [-0.05, 0) is 49.4 Å². The molecule has 3 N–H and O–H groups in total. The molecule has 1 amide bonds. The molecule has 6 nitrogen and oxygen atoms in total. The number of phenols is 2. The van der Waals surface area contributed by atoms with E-state index in [1.807, 2.05) is 0 Å². The highest BCUT2D eigenvalue weighted by molar-refractivity contribution is 6.16. The zero-order valence-electron chi connectivity index (χ0n) is 18.6. The number of fused-ring (bicyclic) bond motifs is 2. The number of rotatable bonds is 3. The standard InChI is InChI=1S/C26H21F3N2O4/c1-31-12-11-24(16-9-10-20(32)21(33)14-16,22(34)15-5-4-6-17(13-15)26(27,28)29)25(31)18-7-2-3-8-19(18)30-23(25)35/h2-10,13-14,32-33H,11-12H2,1H3,(H,30,35). The molecule has 2 aliphatic rings. The van der Waals surface area contributed by atoms with Gasteiger partial charge in [-0.2, -0.15) is 13.2 Å². The summed E-state index contributed by atoms with van der Waals surface area (Å²) in [4.78, 5) is 29.9. The number of carbonyl (C=O) groups is 2. The second-order valence-corrected chi connectivity index (χ2v) is 8.90. The van der Waals surface area contributed by atoms with Gasteiger partial charge >= 0.3 is 6.18 Å². The van der Waals surface area contributed by atoms with E-state index in [4.69, 9.17) is 0 Å². The highest BCUT2D eigenvalue weighted by Gasteiger charge is 2.70. The number of carbonyl (C=O) groups excluding carboxylic acids is 2. The normalized spacial score (nSPS) is 23.9. The van der Waals surface area contributed by atoms with Gasteiger partial charge in [-0.1, -0.05) is 36.4 Å². The van der Waals surface area contributed by atoms with Gasteiger partial charge in [-0.3, -0.25) is 14.5 Å². The molecular weight excluding hydrogens is 461 g/mol. The Balaban J connectivity index is 1.84. The number of hydrogen-bond donors (Lipinski definition) is 3. The fourth-order valence-corrected chi connectivity index (χ4v) is 5.69. The predicted molar refractivity (Wildman–Crippen MR) is 121 cm³/mol. The van der Waals surface area contributed by atoms with E-state index in [2.05, 4.69) is 5.32 Å². The lowest BCUT2D eigenvalue weighted by molar-refractivity contribution is -0.137. The van der Waals surface area contributed by atoms with E-state index in [1.165, 1.54) is 24.3 Å². The first-order valence-corrected chi connectivity index (χ1v) is 10.9. The Morgan fingerprint density at radius 2 is 1.74 bits per heavy atom. The van der Waals surface area contributed by atoms with Crippen molar-refractivity contribution in [3.63, 3.8) is 0 Å². The summed E-state index contributed by atoms with van der Waals surface area (Å²) in [7, 11) is 1.68. The summed E-state index contributed by atoms with van der Waals surface area (Å²) < 4.78 is 40.5. The molecule has 0 radical (unpaired) electrons. The first-order chi connectivity index (χ1) is 16.5. The Morgan fingerprint density at radius 3 is 2.46 bits per heavy atom. The number of ketones is 1. The first kappa shape index (κ1) is 22.9. The Bertz CT molecular complexity index is 1370. The summed E-state index contributed by atoms with van der Waals surface area (Å²) in [5, 5.41) is 23.1. The molecule has 2 heterocycles. The Kier molecular flexibility index (Phi) is 4.96. The number of nitrogens with one attached hydrogen (secondary N) is 1. The number of likely N-dealkylation sites (N-methyl/N-ethyl adjacent to an activating group) is 1. The third-order valence-corrected chi connectivity index (χ3v) is 7.21. The summed E-state index contributed by atoms with van der Waals surface area (Å²) in [6, 6.07) is 14.8. The van der Waals surface area contributed by atoms with Crippen LogP contribution in [0.15, 0.2) is 66.7 Å². The van der Waals surface area contributed by atoms with Crippen LogP contribution in [0.25, 0.3) is 0 Å². The molecule has 1 fully saturated rings. The number of para-hydroxylation sites is 1. The summed E-state index contributed by atoms with van der Waals surface area (Å²) in [5.74, 6) is -2.11. The zero-order valence-corrected chi connectivity index (χ0v) is 18.6. The average molecular weight is 482 g/mol. The van der Waals surface area contributed by atoms with Gasteiger partial charge in [-0.15, -0.1) is 0 Å². The van der Waals surface area contributed by atoms with E-state index in [0.717, 1.165) is 18.2 Å². The van der Waals surface area contributed by atoms with E-state index in [9.17, 15) is 33.0 Å². The van der Waals surface area contributed by atoms with Crippen LogP contribution in [-0.2, 0) is 21.9 Å². The molecule has 5 rings (SSSR count). The fraction of sp³-hybridized carbons (Fsp3) is 0.231. The van der Waals surface area contributed by atoms with Crippen molar-refractivity contribution < 1.29 is 33.0 Å². The van der Waals surface area contributed by atoms with Gasteiger partial charge in [0, 0.05) is 23.4 Å². The van der Waals surface area contributed by atoms with Crippen molar-refractivity contribution in [3.05, 3.63) is 89.0 Å². The number of nitrogens with zero attached hydrogens (tertiary/aromatic N) is 1. The van der Waals surface area contributed by atoms with Crippen LogP contribution in [0.4, 0.5) is 18.9 Å². The molecule has 1 saturated heterocycles. The maximum Gasteiger partial charge on any atom is 0.416 e. The maximum atomic E-state index is 14.4. The highest BCUT2D eigenvalue weighted by atomic mass is 19.4. The molecule has 3 aromatic rings. The van der Waals surface area contributed by atoms with Gasteiger partial charge in [-0.25, -0.2) is 0 Å². The van der Waals surface area contributed by atoms with Crippen LogP contribution >= 0.6 is 0 Å². The third kappa shape index (κ3) is 3.01. The summed E-state index contributed by atoms with van der Waals surface area (Å²) in [6.45, 7) is 0.272. The van der Waals surface area contributed by atoms with Crippen molar-refractivity contribution in [2.75, 3.05) is 18.9 Å². The fourth-order valence-electron chi connectivity index (χ4n) is 5.69. The minimum absolute atomic E-state index is 0.0878. The molecule has 2 atom stereocenters. The number of phenolic OH excluding ortho intramolecular Hbond substituents is 2. The van der Waals surface area contributed by atoms with Gasteiger partial charge in [0.1, 0.15) is 5.54 Å². The molecule has 9 heteroatoms. The number of Topliss-reactive ketones (excluding diaryl/α,β-unsaturated/α-hetero) is 1. The van der Waals surface area contributed by atoms with Crippen molar-refractivity contribution >= 4 is 17.4 Å². The molecule has 0 aliphatic carbocycles. The van der Waals surface area contributed by atoms with E-state index < -0.39 is 45.9 Å². The largest absolute Gasteiger partial charge is 0.504 e. The lowest BCUT2D eigenvalue weighted by atomic mass is 9.59. The van der Waals surface area contributed by atoms with Crippen LogP contribution < -0.4 is 5.32 Å².